The molecule has 3 aromatic rings. The summed E-state index contributed by atoms with van der Waals surface area (Å²) >= 11 is 0. The molecule has 138 valence electrons. The van der Waals surface area contributed by atoms with Crippen molar-refractivity contribution in [2.24, 2.45) is 0 Å². The molecule has 1 aromatic carbocycles. The monoisotopic (exact) mass is 359 g/mol. The van der Waals surface area contributed by atoms with Gasteiger partial charge in [0.1, 0.15) is 5.69 Å². The number of aromatic nitrogens is 3. The fraction of sp³-hybridized carbons (Fsp3) is 0.318. The third-order valence-electron chi connectivity index (χ3n) is 5.21. The fourth-order valence-electron chi connectivity index (χ4n) is 3.67. The maximum Gasteiger partial charge on any atom is 0.178 e. The van der Waals surface area contributed by atoms with Crippen molar-refractivity contribution < 1.29 is 0 Å². The highest BCUT2D eigenvalue weighted by molar-refractivity contribution is 5.53. The topological polar surface area (TPSA) is 45.2 Å². The highest BCUT2D eigenvalue weighted by Gasteiger charge is 2.24. The van der Waals surface area contributed by atoms with E-state index in [1.807, 2.05) is 30.6 Å². The summed E-state index contributed by atoms with van der Waals surface area (Å²) in [4.78, 5) is 18.3. The van der Waals surface area contributed by atoms with Gasteiger partial charge in [-0.1, -0.05) is 24.3 Å². The third kappa shape index (κ3) is 3.98. The summed E-state index contributed by atoms with van der Waals surface area (Å²) < 4.78 is 0. The van der Waals surface area contributed by atoms with Crippen LogP contribution in [-0.4, -0.2) is 45.5 Å². The van der Waals surface area contributed by atoms with Crippen LogP contribution < -0.4 is 4.90 Å². The molecule has 0 spiro atoms. The normalized spacial score (nSPS) is 17.9. The molecule has 2 aromatic heterocycles. The first-order chi connectivity index (χ1) is 13.2. The minimum absolute atomic E-state index is 0.480. The van der Waals surface area contributed by atoms with Crippen molar-refractivity contribution in [3.63, 3.8) is 0 Å². The van der Waals surface area contributed by atoms with E-state index in [-0.39, 0.29) is 0 Å². The Hall–Kier alpha value is -2.79. The Kier molecular flexibility index (Phi) is 5.12. The summed E-state index contributed by atoms with van der Waals surface area (Å²) in [6.07, 6.45) is 5.62. The third-order valence-corrected chi connectivity index (χ3v) is 5.21. The fourth-order valence-corrected chi connectivity index (χ4v) is 3.67. The number of nitrogens with zero attached hydrogens (tertiary/aromatic N) is 5. The van der Waals surface area contributed by atoms with Crippen LogP contribution in [0.2, 0.25) is 0 Å². The molecule has 27 heavy (non-hydrogen) atoms. The molecule has 1 aliphatic heterocycles. The van der Waals surface area contributed by atoms with E-state index in [1.165, 1.54) is 11.3 Å². The summed E-state index contributed by atoms with van der Waals surface area (Å²) in [6, 6.07) is 14.9. The number of pyridine rings is 1. The number of hydrogen-bond donors (Lipinski definition) is 0. The van der Waals surface area contributed by atoms with E-state index in [0.717, 1.165) is 37.4 Å². The lowest BCUT2D eigenvalue weighted by molar-refractivity contribution is 0.180. The van der Waals surface area contributed by atoms with E-state index in [2.05, 4.69) is 62.9 Å². The Bertz CT molecular complexity index is 879. The predicted octanol–water partition coefficient (Wildman–Crippen LogP) is 3.56. The van der Waals surface area contributed by atoms with E-state index in [9.17, 15) is 0 Å². The summed E-state index contributed by atoms with van der Waals surface area (Å²) in [5.74, 6) is 0.678. The summed E-state index contributed by atoms with van der Waals surface area (Å²) in [5.41, 5.74) is 4.65. The number of para-hydroxylation sites is 1. The molecule has 0 aliphatic carbocycles. The van der Waals surface area contributed by atoms with Crippen LogP contribution in [-0.2, 0) is 6.54 Å². The zero-order valence-electron chi connectivity index (χ0n) is 15.9. The van der Waals surface area contributed by atoms with Crippen LogP contribution in [0.15, 0.2) is 61.1 Å². The van der Waals surface area contributed by atoms with Crippen LogP contribution in [0.5, 0.6) is 0 Å². The number of benzene rings is 1. The maximum absolute atomic E-state index is 4.50. The van der Waals surface area contributed by atoms with Gasteiger partial charge in [-0.3, -0.25) is 9.88 Å². The number of rotatable bonds is 4. The summed E-state index contributed by atoms with van der Waals surface area (Å²) in [6.45, 7) is 8.49. The minimum atomic E-state index is 0.480. The van der Waals surface area contributed by atoms with Crippen LogP contribution in [0, 0.1) is 6.92 Å². The van der Waals surface area contributed by atoms with Gasteiger partial charge in [0, 0.05) is 62.1 Å². The lowest BCUT2D eigenvalue weighted by Gasteiger charge is -2.41. The zero-order valence-corrected chi connectivity index (χ0v) is 15.9. The van der Waals surface area contributed by atoms with Gasteiger partial charge in [-0.05, 0) is 37.6 Å². The first-order valence-corrected chi connectivity index (χ1v) is 9.47. The molecule has 5 heteroatoms. The quantitative estimate of drug-likeness (QED) is 0.713. The molecule has 0 amide bonds. The SMILES string of the molecule is Cc1ccccc1N1CCN(Cc2cnc(-c3ccccn3)nc2)[C@H](C)C1. The second-order valence-corrected chi connectivity index (χ2v) is 7.18. The molecule has 0 N–H and O–H groups in total. The van der Waals surface area contributed by atoms with E-state index in [4.69, 9.17) is 0 Å². The standard InChI is InChI=1S/C22H25N5/c1-17-7-3-4-9-21(17)27-12-11-26(18(2)15-27)16-19-13-24-22(25-14-19)20-8-5-6-10-23-20/h3-10,13-14,18H,11-12,15-16H2,1-2H3/t18-/m1/s1. The molecule has 0 unspecified atom stereocenters. The van der Waals surface area contributed by atoms with Gasteiger partial charge in [0.05, 0.1) is 0 Å². The molecular formula is C22H25N5. The Morgan fingerprint density at radius 3 is 2.44 bits per heavy atom. The molecule has 0 radical (unpaired) electrons. The van der Waals surface area contributed by atoms with Crippen LogP contribution in [0.3, 0.4) is 0 Å². The van der Waals surface area contributed by atoms with Crippen molar-refractivity contribution in [2.45, 2.75) is 26.4 Å². The van der Waals surface area contributed by atoms with E-state index in [0.29, 0.717) is 11.9 Å². The second-order valence-electron chi connectivity index (χ2n) is 7.18. The van der Waals surface area contributed by atoms with Crippen molar-refractivity contribution in [3.05, 3.63) is 72.2 Å². The smallest absolute Gasteiger partial charge is 0.178 e. The van der Waals surface area contributed by atoms with Gasteiger partial charge in [0.25, 0.3) is 0 Å². The van der Waals surface area contributed by atoms with Crippen molar-refractivity contribution >= 4 is 5.69 Å². The van der Waals surface area contributed by atoms with Crippen molar-refractivity contribution in [2.75, 3.05) is 24.5 Å². The molecule has 5 nitrogen and oxygen atoms in total. The van der Waals surface area contributed by atoms with Crippen molar-refractivity contribution in [3.8, 4) is 11.5 Å². The average molecular weight is 359 g/mol. The highest BCUT2D eigenvalue weighted by Crippen LogP contribution is 2.23. The van der Waals surface area contributed by atoms with Gasteiger partial charge in [-0.15, -0.1) is 0 Å². The van der Waals surface area contributed by atoms with Gasteiger partial charge >= 0.3 is 0 Å². The van der Waals surface area contributed by atoms with Crippen molar-refractivity contribution in [1.82, 2.24) is 19.9 Å². The van der Waals surface area contributed by atoms with Gasteiger partial charge in [0.2, 0.25) is 0 Å². The maximum atomic E-state index is 4.50. The zero-order chi connectivity index (χ0) is 18.6. The lowest BCUT2D eigenvalue weighted by atomic mass is 10.1. The molecule has 1 atom stereocenters. The van der Waals surface area contributed by atoms with Gasteiger partial charge in [-0.2, -0.15) is 0 Å². The Labute approximate surface area is 160 Å². The Morgan fingerprint density at radius 1 is 0.963 bits per heavy atom. The Balaban J connectivity index is 1.40. The molecule has 1 fully saturated rings. The highest BCUT2D eigenvalue weighted by atomic mass is 15.3. The summed E-state index contributed by atoms with van der Waals surface area (Å²) in [7, 11) is 0. The van der Waals surface area contributed by atoms with Crippen LogP contribution in [0.1, 0.15) is 18.1 Å². The second kappa shape index (κ2) is 7.84. The van der Waals surface area contributed by atoms with Crippen LogP contribution in [0.25, 0.3) is 11.5 Å². The number of aryl methyl sites for hydroxylation is 1. The molecule has 0 bridgehead atoms. The molecule has 1 aliphatic rings. The Morgan fingerprint density at radius 2 is 1.74 bits per heavy atom. The van der Waals surface area contributed by atoms with Crippen LogP contribution in [0.4, 0.5) is 5.69 Å². The van der Waals surface area contributed by atoms with E-state index >= 15 is 0 Å². The van der Waals surface area contributed by atoms with Gasteiger partial charge < -0.3 is 4.90 Å². The number of hydrogen-bond acceptors (Lipinski definition) is 5. The van der Waals surface area contributed by atoms with Crippen molar-refractivity contribution in [1.29, 1.82) is 0 Å². The largest absolute Gasteiger partial charge is 0.368 e. The predicted molar refractivity (Wildman–Crippen MR) is 109 cm³/mol. The summed E-state index contributed by atoms with van der Waals surface area (Å²) in [5, 5.41) is 0. The van der Waals surface area contributed by atoms with Crippen LogP contribution >= 0.6 is 0 Å². The molecule has 4 rings (SSSR count). The lowest BCUT2D eigenvalue weighted by Crippen LogP contribution is -2.51. The number of anilines is 1. The van der Waals surface area contributed by atoms with E-state index < -0.39 is 0 Å². The van der Waals surface area contributed by atoms with E-state index in [1.54, 1.807) is 6.20 Å². The molecule has 1 saturated heterocycles. The van der Waals surface area contributed by atoms with Gasteiger partial charge in [-0.25, -0.2) is 9.97 Å². The first kappa shape index (κ1) is 17.6. The first-order valence-electron chi connectivity index (χ1n) is 9.47. The average Bonchev–Trinajstić information content (AvgIpc) is 2.71. The number of piperazine rings is 1. The molecule has 3 heterocycles. The van der Waals surface area contributed by atoms with Gasteiger partial charge in [0.15, 0.2) is 5.82 Å². The molecular weight excluding hydrogens is 334 g/mol. The minimum Gasteiger partial charge on any atom is -0.368 e. The molecule has 0 saturated carbocycles.